The number of carbonyl (C=O) groups excluding carboxylic acids is 1. The molecule has 1 saturated heterocycles. The fraction of sp³-hybridized carbons (Fsp3) is 0.333. The van der Waals surface area contributed by atoms with Crippen molar-refractivity contribution < 1.29 is 19.4 Å². The van der Waals surface area contributed by atoms with Crippen molar-refractivity contribution in [3.8, 4) is 11.5 Å². The molecule has 9 heteroatoms. The summed E-state index contributed by atoms with van der Waals surface area (Å²) in [6.07, 6.45) is 2.59. The van der Waals surface area contributed by atoms with Crippen molar-refractivity contribution in [2.45, 2.75) is 50.9 Å². The molecule has 2 aliphatic rings. The number of aryl methyl sites for hydroxylation is 1. The number of allylic oxidation sites excluding steroid dienone is 1. The van der Waals surface area contributed by atoms with Crippen molar-refractivity contribution in [1.29, 1.82) is 0 Å². The number of thioether (sulfide) groups is 1. The van der Waals surface area contributed by atoms with Crippen LogP contribution in [0.1, 0.15) is 31.7 Å². The summed E-state index contributed by atoms with van der Waals surface area (Å²) in [5, 5.41) is 12.0. The first kappa shape index (κ1) is 24.3. The smallest absolute Gasteiger partial charge is 0.281 e. The van der Waals surface area contributed by atoms with Gasteiger partial charge < -0.3 is 30.2 Å². The van der Waals surface area contributed by atoms with Gasteiger partial charge in [0.05, 0.1) is 16.3 Å². The molecule has 2 aromatic carbocycles. The molecule has 1 aromatic heterocycles. The highest BCUT2D eigenvalue weighted by molar-refractivity contribution is 8.14. The monoisotopic (exact) mass is 506 g/mol. The Morgan fingerprint density at radius 1 is 1.19 bits per heavy atom. The molecule has 1 aliphatic carbocycles. The van der Waals surface area contributed by atoms with Crippen molar-refractivity contribution in [2.75, 3.05) is 0 Å². The highest BCUT2D eigenvalue weighted by Crippen LogP contribution is 2.29. The van der Waals surface area contributed by atoms with Gasteiger partial charge in [-0.25, -0.2) is 4.98 Å². The predicted molar refractivity (Wildman–Crippen MR) is 141 cm³/mol. The summed E-state index contributed by atoms with van der Waals surface area (Å²) >= 11 is 1.13. The van der Waals surface area contributed by atoms with Crippen molar-refractivity contribution in [1.82, 2.24) is 14.9 Å². The number of benzene rings is 2. The van der Waals surface area contributed by atoms with Crippen molar-refractivity contribution >= 4 is 28.0 Å². The number of imidazole rings is 1. The molecule has 3 unspecified atom stereocenters. The average Bonchev–Trinajstić information content (AvgIpc) is 3.34. The minimum absolute atomic E-state index is 0.0407. The molecule has 5 rings (SSSR count). The second-order valence-electron chi connectivity index (χ2n) is 9.31. The lowest BCUT2D eigenvalue weighted by Gasteiger charge is -2.23. The van der Waals surface area contributed by atoms with E-state index in [2.05, 4.69) is 11.4 Å². The van der Waals surface area contributed by atoms with E-state index in [1.807, 2.05) is 67.9 Å². The highest BCUT2D eigenvalue weighted by atomic mass is 32.2. The van der Waals surface area contributed by atoms with Gasteiger partial charge in [0.15, 0.2) is 0 Å². The fourth-order valence-electron chi connectivity index (χ4n) is 4.55. The number of aliphatic hydroxyl groups excluding tert-OH is 1. The van der Waals surface area contributed by atoms with E-state index in [-0.39, 0.29) is 16.6 Å². The minimum Gasteiger partial charge on any atom is -0.486 e. The molecule has 3 atom stereocenters. The van der Waals surface area contributed by atoms with E-state index in [0.29, 0.717) is 13.0 Å². The van der Waals surface area contributed by atoms with Crippen molar-refractivity contribution in [2.24, 2.45) is 12.8 Å². The summed E-state index contributed by atoms with van der Waals surface area (Å²) in [4.78, 5) is 16.1. The second-order valence-corrected chi connectivity index (χ2v) is 10.5. The maximum atomic E-state index is 11.4. The number of fused-ring (bicyclic) bond motifs is 1. The molecule has 1 aliphatic heterocycles. The van der Waals surface area contributed by atoms with Crippen LogP contribution in [0.25, 0.3) is 11.0 Å². The zero-order chi connectivity index (χ0) is 25.4. The summed E-state index contributed by atoms with van der Waals surface area (Å²) in [5.74, 6) is 2.32. The highest BCUT2D eigenvalue weighted by Gasteiger charge is 2.31. The SMILES string of the molecule is CC1=CC(Oc2ccc3nc(COc4ccc(CC5SC(=O)NC5O)cc4)n(C)c3c2)CC(C)=C1N. The van der Waals surface area contributed by atoms with Crippen LogP contribution in [-0.4, -0.2) is 37.5 Å². The molecule has 8 nitrogen and oxygen atoms in total. The van der Waals surface area contributed by atoms with Crippen LogP contribution in [0.5, 0.6) is 11.5 Å². The lowest BCUT2D eigenvalue weighted by molar-refractivity contribution is 0.152. The lowest BCUT2D eigenvalue weighted by Crippen LogP contribution is -2.31. The number of hydrogen-bond acceptors (Lipinski definition) is 7. The zero-order valence-electron chi connectivity index (χ0n) is 20.5. The molecule has 2 heterocycles. The maximum Gasteiger partial charge on any atom is 0.281 e. The minimum atomic E-state index is -0.815. The molecular weight excluding hydrogens is 476 g/mol. The standard InChI is InChI=1S/C27H30N4O4S/c1-15-10-20(11-16(2)25(15)28)35-19-8-9-21-22(13-19)31(3)24(29-21)14-34-18-6-4-17(5-7-18)12-23-26(32)30-27(33)36-23/h4-10,13,20,23,26,32H,11-12,14,28H2,1-3H3,(H,30,33). The van der Waals surface area contributed by atoms with Crippen LogP contribution in [0, 0.1) is 0 Å². The number of nitrogens with one attached hydrogen (secondary N) is 1. The van der Waals surface area contributed by atoms with Gasteiger partial charge in [-0.2, -0.15) is 0 Å². The van der Waals surface area contributed by atoms with Gasteiger partial charge in [-0.3, -0.25) is 4.79 Å². The van der Waals surface area contributed by atoms with Crippen molar-refractivity contribution in [3.05, 3.63) is 76.8 Å². The molecule has 188 valence electrons. The third-order valence-electron chi connectivity index (χ3n) is 6.66. The number of nitrogens with two attached hydrogens (primary N) is 1. The Morgan fingerprint density at radius 2 is 1.94 bits per heavy atom. The molecular formula is C27H30N4O4S. The van der Waals surface area contributed by atoms with E-state index in [4.69, 9.17) is 20.2 Å². The molecule has 0 bridgehead atoms. The molecule has 0 saturated carbocycles. The molecule has 0 radical (unpaired) electrons. The number of rotatable bonds is 7. The Morgan fingerprint density at radius 3 is 2.64 bits per heavy atom. The van der Waals surface area contributed by atoms with Crippen LogP contribution >= 0.6 is 11.8 Å². The summed E-state index contributed by atoms with van der Waals surface area (Å²) in [6.45, 7) is 4.38. The first-order valence-electron chi connectivity index (χ1n) is 11.9. The summed E-state index contributed by atoms with van der Waals surface area (Å²) < 4.78 is 14.2. The quantitative estimate of drug-likeness (QED) is 0.441. The number of aliphatic hydroxyl groups is 1. The molecule has 3 aromatic rings. The van der Waals surface area contributed by atoms with Crippen LogP contribution in [0.3, 0.4) is 0 Å². The largest absolute Gasteiger partial charge is 0.486 e. The van der Waals surface area contributed by atoms with Gasteiger partial charge in [-0.05, 0) is 67.3 Å². The van der Waals surface area contributed by atoms with Gasteiger partial charge in [0.1, 0.15) is 36.3 Å². The van der Waals surface area contributed by atoms with E-state index in [1.54, 1.807) is 0 Å². The predicted octanol–water partition coefficient (Wildman–Crippen LogP) is 4.17. The normalized spacial score (nSPS) is 22.1. The number of carbonyl (C=O) groups is 1. The summed E-state index contributed by atoms with van der Waals surface area (Å²) in [5.41, 5.74) is 12.0. The van der Waals surface area contributed by atoms with Gasteiger partial charge in [0.2, 0.25) is 0 Å². The maximum absolute atomic E-state index is 11.4. The fourth-order valence-corrected chi connectivity index (χ4v) is 5.49. The number of ether oxygens (including phenoxy) is 2. The Balaban J connectivity index is 1.22. The van der Waals surface area contributed by atoms with Crippen LogP contribution in [0.15, 0.2) is 65.4 Å². The van der Waals surface area contributed by atoms with Crippen LogP contribution < -0.4 is 20.5 Å². The lowest BCUT2D eigenvalue weighted by atomic mass is 9.96. The van der Waals surface area contributed by atoms with E-state index in [9.17, 15) is 9.90 Å². The molecule has 1 amide bonds. The van der Waals surface area contributed by atoms with E-state index in [0.717, 1.165) is 68.9 Å². The van der Waals surface area contributed by atoms with Gasteiger partial charge in [0, 0.05) is 25.2 Å². The van der Waals surface area contributed by atoms with Gasteiger partial charge in [-0.1, -0.05) is 23.9 Å². The summed E-state index contributed by atoms with van der Waals surface area (Å²) in [7, 11) is 1.97. The number of amides is 1. The first-order valence-corrected chi connectivity index (χ1v) is 12.8. The molecule has 36 heavy (non-hydrogen) atoms. The van der Waals surface area contributed by atoms with Gasteiger partial charge >= 0.3 is 0 Å². The first-order chi connectivity index (χ1) is 17.3. The second kappa shape index (κ2) is 9.91. The van der Waals surface area contributed by atoms with Gasteiger partial charge in [-0.15, -0.1) is 0 Å². The Labute approximate surface area is 214 Å². The van der Waals surface area contributed by atoms with Crippen molar-refractivity contribution in [3.63, 3.8) is 0 Å². The van der Waals surface area contributed by atoms with E-state index in [1.165, 1.54) is 0 Å². The average molecular weight is 507 g/mol. The van der Waals surface area contributed by atoms with Crippen LogP contribution in [0.4, 0.5) is 4.79 Å². The Kier molecular flexibility index (Phi) is 6.68. The van der Waals surface area contributed by atoms with Crippen LogP contribution in [-0.2, 0) is 20.1 Å². The van der Waals surface area contributed by atoms with E-state index < -0.39 is 6.23 Å². The topological polar surface area (TPSA) is 112 Å². The van der Waals surface area contributed by atoms with Gasteiger partial charge in [0.25, 0.3) is 5.24 Å². The third kappa shape index (κ3) is 5.08. The third-order valence-corrected chi connectivity index (χ3v) is 7.72. The molecule has 1 fully saturated rings. The van der Waals surface area contributed by atoms with Crippen LogP contribution in [0.2, 0.25) is 0 Å². The number of hydrogen-bond donors (Lipinski definition) is 3. The molecule has 4 N–H and O–H groups in total. The summed E-state index contributed by atoms with van der Waals surface area (Å²) in [6, 6.07) is 13.6. The van der Waals surface area contributed by atoms with E-state index >= 15 is 0 Å². The Hall–Kier alpha value is -3.43. The Bertz CT molecular complexity index is 1360. The number of aromatic nitrogens is 2. The zero-order valence-corrected chi connectivity index (χ0v) is 21.3. The molecule has 0 spiro atoms. The number of nitrogens with zero attached hydrogens (tertiary/aromatic N) is 2.